The van der Waals surface area contributed by atoms with E-state index >= 15 is 0 Å². The fraction of sp³-hybridized carbons (Fsp3) is 0.375. The number of hydrogen-bond acceptors (Lipinski definition) is 2. The van der Waals surface area contributed by atoms with Crippen LogP contribution in [0.3, 0.4) is 0 Å². The zero-order chi connectivity index (χ0) is 14.0. The normalized spacial score (nSPS) is 11.6. The van der Waals surface area contributed by atoms with E-state index in [-0.39, 0.29) is 5.41 Å². The highest BCUT2D eigenvalue weighted by Gasteiger charge is 2.19. The maximum atomic E-state index is 6.01. The Hall–Kier alpha value is -0.800. The molecule has 0 saturated carbocycles. The van der Waals surface area contributed by atoms with Crippen molar-refractivity contribution in [3.05, 3.63) is 50.1 Å². The molecule has 1 aromatic carbocycles. The van der Waals surface area contributed by atoms with Crippen molar-refractivity contribution in [3.63, 3.8) is 0 Å². The van der Waals surface area contributed by atoms with Crippen molar-refractivity contribution in [1.82, 2.24) is 0 Å². The van der Waals surface area contributed by atoms with Gasteiger partial charge in [-0.15, -0.1) is 11.3 Å². The highest BCUT2D eigenvalue weighted by Crippen LogP contribution is 2.33. The molecule has 1 aromatic heterocycles. The molecule has 0 aliphatic rings. The summed E-state index contributed by atoms with van der Waals surface area (Å²) in [5, 5.41) is 0. The quantitative estimate of drug-likeness (QED) is 0.697. The largest absolute Gasteiger partial charge is 0.488 e. The van der Waals surface area contributed by atoms with Crippen LogP contribution in [0.1, 0.15) is 36.8 Å². The molecule has 0 N–H and O–H groups in total. The van der Waals surface area contributed by atoms with Gasteiger partial charge >= 0.3 is 0 Å². The summed E-state index contributed by atoms with van der Waals surface area (Å²) in [4.78, 5) is 1.23. The third-order valence-corrected chi connectivity index (χ3v) is 4.54. The lowest BCUT2D eigenvalue weighted by atomic mass is 9.85. The molecule has 0 aliphatic carbocycles. The molecule has 0 amide bonds. The Bertz CT molecular complexity index is 566. The van der Waals surface area contributed by atoms with Gasteiger partial charge in [0.1, 0.15) is 12.4 Å². The van der Waals surface area contributed by atoms with Crippen LogP contribution in [0, 0.1) is 6.92 Å². The van der Waals surface area contributed by atoms with Gasteiger partial charge in [-0.05, 0) is 52.0 Å². The highest BCUT2D eigenvalue weighted by atomic mass is 79.9. The van der Waals surface area contributed by atoms with Crippen LogP contribution >= 0.6 is 27.3 Å². The summed E-state index contributed by atoms with van der Waals surface area (Å²) in [7, 11) is 0. The fourth-order valence-corrected chi connectivity index (χ4v) is 3.33. The molecular weight excluding hydrogens is 320 g/mol. The molecule has 0 saturated heterocycles. The monoisotopic (exact) mass is 338 g/mol. The molecule has 2 aromatic rings. The maximum absolute atomic E-state index is 6.01. The van der Waals surface area contributed by atoms with Crippen molar-refractivity contribution in [3.8, 4) is 5.75 Å². The van der Waals surface area contributed by atoms with E-state index in [1.807, 2.05) is 0 Å². The number of benzene rings is 1. The third kappa shape index (κ3) is 3.83. The summed E-state index contributed by atoms with van der Waals surface area (Å²) >= 11 is 5.19. The first-order valence-corrected chi connectivity index (χ1v) is 7.95. The Labute approximate surface area is 127 Å². The lowest BCUT2D eigenvalue weighted by molar-refractivity contribution is 0.301. The number of rotatable bonds is 3. The second-order valence-electron chi connectivity index (χ2n) is 5.74. The van der Waals surface area contributed by atoms with Crippen LogP contribution in [0.2, 0.25) is 0 Å². The van der Waals surface area contributed by atoms with E-state index in [0.29, 0.717) is 6.61 Å². The van der Waals surface area contributed by atoms with Gasteiger partial charge in [0, 0.05) is 4.88 Å². The molecule has 102 valence electrons. The summed E-state index contributed by atoms with van der Waals surface area (Å²) in [5.74, 6) is 0.989. The lowest BCUT2D eigenvalue weighted by Crippen LogP contribution is -2.13. The van der Waals surface area contributed by atoms with E-state index in [9.17, 15) is 0 Å². The predicted molar refractivity (Wildman–Crippen MR) is 86.2 cm³/mol. The van der Waals surface area contributed by atoms with Gasteiger partial charge in [-0.25, -0.2) is 0 Å². The first kappa shape index (κ1) is 14.6. The van der Waals surface area contributed by atoms with Crippen LogP contribution in [0.4, 0.5) is 0 Å². The summed E-state index contributed by atoms with van der Waals surface area (Å²) in [6.45, 7) is 9.40. The molecule has 19 heavy (non-hydrogen) atoms. The number of halogens is 1. The second-order valence-corrected chi connectivity index (χ2v) is 8.29. The Balaban J connectivity index is 2.20. The van der Waals surface area contributed by atoms with Crippen LogP contribution in [0.15, 0.2) is 34.1 Å². The Morgan fingerprint density at radius 2 is 1.89 bits per heavy atom. The molecule has 2 rings (SSSR count). The highest BCUT2D eigenvalue weighted by molar-refractivity contribution is 9.11. The smallest absolute Gasteiger partial charge is 0.123 e. The number of hydrogen-bond donors (Lipinski definition) is 0. The van der Waals surface area contributed by atoms with Gasteiger partial charge in [0.05, 0.1) is 3.79 Å². The van der Waals surface area contributed by atoms with Crippen molar-refractivity contribution in [2.24, 2.45) is 0 Å². The molecule has 3 heteroatoms. The van der Waals surface area contributed by atoms with E-state index in [1.165, 1.54) is 16.0 Å². The molecule has 0 atom stereocenters. The van der Waals surface area contributed by atoms with Crippen LogP contribution in [0.25, 0.3) is 0 Å². The number of thiophene rings is 1. The summed E-state index contributed by atoms with van der Waals surface area (Å²) in [6, 6.07) is 10.6. The zero-order valence-corrected chi connectivity index (χ0v) is 14.2. The first-order valence-electron chi connectivity index (χ1n) is 6.34. The Morgan fingerprint density at radius 3 is 2.47 bits per heavy atom. The summed E-state index contributed by atoms with van der Waals surface area (Å²) in [6.07, 6.45) is 0. The van der Waals surface area contributed by atoms with Gasteiger partial charge in [-0.2, -0.15) is 0 Å². The minimum Gasteiger partial charge on any atom is -0.488 e. The van der Waals surface area contributed by atoms with Crippen LogP contribution < -0.4 is 4.74 Å². The van der Waals surface area contributed by atoms with Gasteiger partial charge in [0.25, 0.3) is 0 Å². The molecule has 1 heterocycles. The van der Waals surface area contributed by atoms with Gasteiger partial charge in [0.15, 0.2) is 0 Å². The van der Waals surface area contributed by atoms with E-state index in [0.717, 1.165) is 9.54 Å². The van der Waals surface area contributed by atoms with Crippen LogP contribution in [-0.4, -0.2) is 0 Å². The van der Waals surface area contributed by atoms with Gasteiger partial charge in [-0.3, -0.25) is 0 Å². The minimum absolute atomic E-state index is 0.0946. The Kier molecular flexibility index (Phi) is 4.36. The maximum Gasteiger partial charge on any atom is 0.123 e. The average molecular weight is 339 g/mol. The Morgan fingerprint density at radius 1 is 1.16 bits per heavy atom. The fourth-order valence-electron chi connectivity index (χ4n) is 1.93. The van der Waals surface area contributed by atoms with Crippen molar-refractivity contribution >= 4 is 27.3 Å². The molecule has 0 radical (unpaired) electrons. The van der Waals surface area contributed by atoms with Crippen LogP contribution in [-0.2, 0) is 12.0 Å². The van der Waals surface area contributed by atoms with Crippen molar-refractivity contribution in [2.75, 3.05) is 0 Å². The minimum atomic E-state index is 0.0946. The molecule has 0 bridgehead atoms. The summed E-state index contributed by atoms with van der Waals surface area (Å²) in [5.41, 5.74) is 2.64. The predicted octanol–water partition coefficient (Wildman–Crippen LogP) is 5.70. The average Bonchev–Trinajstić information content (AvgIpc) is 2.72. The van der Waals surface area contributed by atoms with E-state index in [4.69, 9.17) is 4.74 Å². The molecule has 0 fully saturated rings. The van der Waals surface area contributed by atoms with E-state index in [1.54, 1.807) is 11.3 Å². The first-order chi connectivity index (χ1) is 8.86. The number of ether oxygens (including phenoxy) is 1. The second kappa shape index (κ2) is 5.68. The van der Waals surface area contributed by atoms with Gasteiger partial charge in [-0.1, -0.05) is 38.5 Å². The van der Waals surface area contributed by atoms with Crippen molar-refractivity contribution < 1.29 is 4.74 Å². The lowest BCUT2D eigenvalue weighted by Gasteiger charge is -2.23. The topological polar surface area (TPSA) is 9.23 Å². The molecule has 0 spiro atoms. The SMILES string of the molecule is Cc1ccc(OCc2ccc(Br)s2)c(C(C)(C)C)c1. The third-order valence-electron chi connectivity index (χ3n) is 2.94. The van der Waals surface area contributed by atoms with E-state index < -0.39 is 0 Å². The molecule has 0 unspecified atom stereocenters. The standard InChI is InChI=1S/C16H19BrOS/c1-11-5-7-14(13(9-11)16(2,3)4)18-10-12-6-8-15(17)19-12/h5-9H,10H2,1-4H3. The molecule has 1 nitrogen and oxygen atoms in total. The summed E-state index contributed by atoms with van der Waals surface area (Å²) < 4.78 is 7.15. The van der Waals surface area contributed by atoms with Gasteiger partial charge in [0.2, 0.25) is 0 Å². The zero-order valence-electron chi connectivity index (χ0n) is 11.8. The van der Waals surface area contributed by atoms with Gasteiger partial charge < -0.3 is 4.74 Å². The van der Waals surface area contributed by atoms with Crippen molar-refractivity contribution in [1.29, 1.82) is 0 Å². The number of aryl methyl sites for hydroxylation is 1. The molecular formula is C16H19BrOS. The van der Waals surface area contributed by atoms with Crippen molar-refractivity contribution in [2.45, 2.75) is 39.7 Å². The van der Waals surface area contributed by atoms with E-state index in [2.05, 4.69) is 74.0 Å². The molecule has 0 aliphatic heterocycles. The van der Waals surface area contributed by atoms with Crippen LogP contribution in [0.5, 0.6) is 5.75 Å².